The van der Waals surface area contributed by atoms with Crippen molar-refractivity contribution in [1.29, 1.82) is 0 Å². The lowest BCUT2D eigenvalue weighted by Crippen LogP contribution is -2.39. The molecule has 1 aliphatic heterocycles. The predicted octanol–water partition coefficient (Wildman–Crippen LogP) is 1.20. The van der Waals surface area contributed by atoms with E-state index in [1.807, 2.05) is 5.32 Å². The van der Waals surface area contributed by atoms with Gasteiger partial charge in [0.15, 0.2) is 0 Å². The molecule has 1 aliphatic rings. The van der Waals surface area contributed by atoms with Crippen molar-refractivity contribution >= 4 is 17.5 Å². The van der Waals surface area contributed by atoms with Crippen LogP contribution in [0.5, 0.6) is 0 Å². The number of anilines is 1. The van der Waals surface area contributed by atoms with Crippen molar-refractivity contribution in [2.24, 2.45) is 0 Å². The minimum absolute atomic E-state index is 0.0994. The zero-order valence-electron chi connectivity index (χ0n) is 10.6. The summed E-state index contributed by atoms with van der Waals surface area (Å²) >= 11 is 0. The van der Waals surface area contributed by atoms with Crippen molar-refractivity contribution in [3.63, 3.8) is 0 Å². The summed E-state index contributed by atoms with van der Waals surface area (Å²) in [6.45, 7) is 0.860. The van der Waals surface area contributed by atoms with E-state index in [1.165, 1.54) is 0 Å². The summed E-state index contributed by atoms with van der Waals surface area (Å²) in [6.07, 6.45) is 1.64. The van der Waals surface area contributed by atoms with Gasteiger partial charge in [-0.05, 0) is 25.0 Å². The second kappa shape index (κ2) is 6.42. The molecular weight excluding hydrogens is 270 g/mol. The second-order valence-corrected chi connectivity index (χ2v) is 4.42. The largest absolute Gasteiger partial charge is 0.376 e. The van der Waals surface area contributed by atoms with Gasteiger partial charge in [-0.15, -0.1) is 0 Å². The van der Waals surface area contributed by atoms with Crippen molar-refractivity contribution in [3.05, 3.63) is 29.8 Å². The number of ether oxygens (including phenoxy) is 1. The van der Waals surface area contributed by atoms with Crippen LogP contribution in [0.3, 0.4) is 0 Å². The third-order valence-electron chi connectivity index (χ3n) is 2.90. The van der Waals surface area contributed by atoms with Crippen molar-refractivity contribution in [3.8, 4) is 0 Å². The van der Waals surface area contributed by atoms with E-state index in [0.717, 1.165) is 31.0 Å². The Morgan fingerprint density at radius 3 is 2.80 bits per heavy atom. The molecule has 0 spiro atoms. The van der Waals surface area contributed by atoms with Crippen molar-refractivity contribution < 1.29 is 23.1 Å². The maximum absolute atomic E-state index is 13.3. The molecule has 0 aliphatic carbocycles. The number of hydrogen-bond donors (Lipinski definition) is 2. The maximum atomic E-state index is 13.3. The van der Waals surface area contributed by atoms with Gasteiger partial charge in [-0.3, -0.25) is 9.59 Å². The standard InChI is InChI=1S/C13H14F2N2O3/c14-8-3-4-10(15)11(6-8)17-13(19)12(18)16-7-9-2-1-5-20-9/h3-4,6,9H,1-2,5,7H2,(H,16,18)(H,17,19)/t9-/m0/s1. The average molecular weight is 284 g/mol. The highest BCUT2D eigenvalue weighted by atomic mass is 19.1. The Balaban J connectivity index is 1.87. The maximum Gasteiger partial charge on any atom is 0.313 e. The van der Waals surface area contributed by atoms with E-state index in [9.17, 15) is 18.4 Å². The van der Waals surface area contributed by atoms with Crippen LogP contribution in [0.15, 0.2) is 18.2 Å². The van der Waals surface area contributed by atoms with Crippen LogP contribution in [-0.4, -0.2) is 31.1 Å². The molecule has 5 nitrogen and oxygen atoms in total. The van der Waals surface area contributed by atoms with E-state index in [1.54, 1.807) is 0 Å². The topological polar surface area (TPSA) is 67.4 Å². The van der Waals surface area contributed by atoms with Crippen LogP contribution in [0.25, 0.3) is 0 Å². The lowest BCUT2D eigenvalue weighted by atomic mass is 10.2. The molecule has 1 heterocycles. The minimum atomic E-state index is -1.05. The van der Waals surface area contributed by atoms with E-state index in [2.05, 4.69) is 5.32 Å². The summed E-state index contributed by atoms with van der Waals surface area (Å²) in [7, 11) is 0. The number of amides is 2. The van der Waals surface area contributed by atoms with E-state index >= 15 is 0 Å². The highest BCUT2D eigenvalue weighted by Gasteiger charge is 2.20. The Kier molecular flexibility index (Phi) is 4.62. The number of carbonyl (C=O) groups excluding carboxylic acids is 2. The minimum Gasteiger partial charge on any atom is -0.376 e. The molecule has 108 valence electrons. The highest BCUT2D eigenvalue weighted by molar-refractivity contribution is 6.39. The van der Waals surface area contributed by atoms with Crippen molar-refractivity contribution in [1.82, 2.24) is 5.32 Å². The van der Waals surface area contributed by atoms with Crippen LogP contribution >= 0.6 is 0 Å². The molecule has 1 atom stereocenters. The SMILES string of the molecule is O=C(NC[C@@H]1CCCO1)C(=O)Nc1cc(F)ccc1F. The summed E-state index contributed by atoms with van der Waals surface area (Å²) in [5.74, 6) is -3.48. The number of hydrogen-bond acceptors (Lipinski definition) is 3. The van der Waals surface area contributed by atoms with Crippen LogP contribution in [0, 0.1) is 11.6 Å². The molecule has 0 bridgehead atoms. The van der Waals surface area contributed by atoms with Crippen LogP contribution in [-0.2, 0) is 14.3 Å². The fraction of sp³-hybridized carbons (Fsp3) is 0.385. The molecule has 1 fully saturated rings. The molecule has 0 aromatic heterocycles. The lowest BCUT2D eigenvalue weighted by molar-refractivity contribution is -0.136. The highest BCUT2D eigenvalue weighted by Crippen LogP contribution is 2.15. The first-order chi connectivity index (χ1) is 9.56. The smallest absolute Gasteiger partial charge is 0.313 e. The van der Waals surface area contributed by atoms with Gasteiger partial charge < -0.3 is 15.4 Å². The summed E-state index contributed by atoms with van der Waals surface area (Å²) < 4.78 is 31.5. The van der Waals surface area contributed by atoms with E-state index in [0.29, 0.717) is 6.61 Å². The normalized spacial score (nSPS) is 17.8. The quantitative estimate of drug-likeness (QED) is 0.820. The predicted molar refractivity (Wildman–Crippen MR) is 67.0 cm³/mol. The first-order valence-electron chi connectivity index (χ1n) is 6.22. The third kappa shape index (κ3) is 3.74. The van der Waals surface area contributed by atoms with Crippen LogP contribution in [0.2, 0.25) is 0 Å². The molecule has 2 amide bonds. The Labute approximate surface area is 114 Å². The number of nitrogens with one attached hydrogen (secondary N) is 2. The van der Waals surface area contributed by atoms with Crippen molar-refractivity contribution in [2.75, 3.05) is 18.5 Å². The van der Waals surface area contributed by atoms with E-state index < -0.39 is 23.4 Å². The summed E-state index contributed by atoms with van der Waals surface area (Å²) in [5, 5.41) is 4.41. The molecule has 2 N–H and O–H groups in total. The van der Waals surface area contributed by atoms with Crippen LogP contribution in [0.1, 0.15) is 12.8 Å². The lowest BCUT2D eigenvalue weighted by Gasteiger charge is -2.11. The fourth-order valence-electron chi connectivity index (χ4n) is 1.86. The first-order valence-corrected chi connectivity index (χ1v) is 6.22. The molecule has 0 unspecified atom stereocenters. The van der Waals surface area contributed by atoms with Gasteiger partial charge in [-0.2, -0.15) is 0 Å². The van der Waals surface area contributed by atoms with Crippen LogP contribution < -0.4 is 10.6 Å². The molecule has 0 saturated carbocycles. The van der Waals surface area contributed by atoms with Gasteiger partial charge in [0.05, 0.1) is 11.8 Å². The van der Waals surface area contributed by atoms with Crippen molar-refractivity contribution in [2.45, 2.75) is 18.9 Å². The number of rotatable bonds is 3. The molecule has 0 radical (unpaired) electrons. The summed E-state index contributed by atoms with van der Waals surface area (Å²) in [6, 6.07) is 2.60. The summed E-state index contributed by atoms with van der Waals surface area (Å²) in [5.41, 5.74) is -0.373. The van der Waals surface area contributed by atoms with Gasteiger partial charge in [-0.25, -0.2) is 8.78 Å². The molecule has 1 aromatic carbocycles. The third-order valence-corrected chi connectivity index (χ3v) is 2.90. The van der Waals surface area contributed by atoms with Gasteiger partial charge >= 0.3 is 11.8 Å². The Hall–Kier alpha value is -2.02. The Morgan fingerprint density at radius 2 is 2.10 bits per heavy atom. The van der Waals surface area contributed by atoms with Gasteiger partial charge in [0, 0.05) is 19.2 Å². The summed E-state index contributed by atoms with van der Waals surface area (Å²) in [4.78, 5) is 23.0. The van der Waals surface area contributed by atoms with Crippen LogP contribution in [0.4, 0.5) is 14.5 Å². The number of benzene rings is 1. The molecule has 2 rings (SSSR count). The monoisotopic (exact) mass is 284 g/mol. The average Bonchev–Trinajstić information content (AvgIpc) is 2.93. The molecule has 7 heteroatoms. The van der Waals surface area contributed by atoms with Gasteiger partial charge in [0.25, 0.3) is 0 Å². The zero-order chi connectivity index (χ0) is 14.5. The van der Waals surface area contributed by atoms with E-state index in [-0.39, 0.29) is 18.3 Å². The first kappa shape index (κ1) is 14.4. The Morgan fingerprint density at radius 1 is 1.30 bits per heavy atom. The zero-order valence-corrected chi connectivity index (χ0v) is 10.6. The number of halogens is 2. The molecule has 1 aromatic rings. The van der Waals surface area contributed by atoms with Gasteiger partial charge in [0.1, 0.15) is 11.6 Å². The second-order valence-electron chi connectivity index (χ2n) is 4.42. The van der Waals surface area contributed by atoms with Gasteiger partial charge in [0.2, 0.25) is 0 Å². The molecule has 1 saturated heterocycles. The van der Waals surface area contributed by atoms with Gasteiger partial charge in [-0.1, -0.05) is 0 Å². The number of carbonyl (C=O) groups is 2. The molecular formula is C13H14F2N2O3. The van der Waals surface area contributed by atoms with E-state index in [4.69, 9.17) is 4.74 Å². The fourth-order valence-corrected chi connectivity index (χ4v) is 1.86. The molecule has 20 heavy (non-hydrogen) atoms. The Bertz CT molecular complexity index is 516.